The minimum atomic E-state index is -0.252. The maximum absolute atomic E-state index is 11.2. The fourth-order valence-electron chi connectivity index (χ4n) is 1.59. The zero-order valence-corrected chi connectivity index (χ0v) is 11.1. The number of fused-ring (bicyclic) bond motifs is 1. The Balaban J connectivity index is 2.10. The molecule has 2 rings (SSSR count). The summed E-state index contributed by atoms with van der Waals surface area (Å²) < 4.78 is 4.84. The van der Waals surface area contributed by atoms with E-state index >= 15 is 0 Å². The summed E-state index contributed by atoms with van der Waals surface area (Å²) in [7, 11) is 0. The van der Waals surface area contributed by atoms with E-state index < -0.39 is 0 Å². The number of halogens is 1. The van der Waals surface area contributed by atoms with Gasteiger partial charge in [-0.25, -0.2) is 9.97 Å². The van der Waals surface area contributed by atoms with Gasteiger partial charge in [-0.3, -0.25) is 4.79 Å². The Kier molecular flexibility index (Phi) is 4.46. The van der Waals surface area contributed by atoms with Gasteiger partial charge in [0.1, 0.15) is 5.82 Å². The van der Waals surface area contributed by atoms with Crippen LogP contribution in [0.15, 0.2) is 18.3 Å². The number of carbonyl (C=O) groups excluding carboxylic acids is 1. The molecular weight excluding hydrogens is 268 g/mol. The summed E-state index contributed by atoms with van der Waals surface area (Å²) in [6.07, 6.45) is 1.89. The summed E-state index contributed by atoms with van der Waals surface area (Å²) in [4.78, 5) is 23.5. The molecule has 100 valence electrons. The maximum Gasteiger partial charge on any atom is 0.307 e. The van der Waals surface area contributed by atoms with E-state index in [1.807, 2.05) is 6.07 Å². The predicted molar refractivity (Wildman–Crippen MR) is 72.1 cm³/mol. The highest BCUT2D eigenvalue weighted by Gasteiger charge is 2.08. The van der Waals surface area contributed by atoms with Gasteiger partial charge in [-0.2, -0.15) is 4.98 Å². The van der Waals surface area contributed by atoms with Crippen molar-refractivity contribution in [1.29, 1.82) is 0 Å². The van der Waals surface area contributed by atoms with Crippen LogP contribution in [0.1, 0.15) is 13.3 Å². The maximum atomic E-state index is 11.2. The zero-order valence-electron chi connectivity index (χ0n) is 10.4. The molecule has 0 amide bonds. The molecule has 0 saturated carbocycles. The molecule has 1 N–H and O–H groups in total. The fraction of sp³-hybridized carbons (Fsp3) is 0.333. The molecule has 0 spiro atoms. The number of nitrogens with one attached hydrogen (secondary N) is 1. The first-order valence-electron chi connectivity index (χ1n) is 5.88. The molecule has 2 aromatic heterocycles. The van der Waals surface area contributed by atoms with Gasteiger partial charge in [0, 0.05) is 12.7 Å². The van der Waals surface area contributed by atoms with Gasteiger partial charge < -0.3 is 10.1 Å². The van der Waals surface area contributed by atoms with Crippen molar-refractivity contribution in [1.82, 2.24) is 15.0 Å². The Labute approximate surface area is 115 Å². The fourth-order valence-corrected chi connectivity index (χ4v) is 1.75. The summed E-state index contributed by atoms with van der Waals surface area (Å²) in [5, 5.41) is 3.92. The zero-order chi connectivity index (χ0) is 13.7. The van der Waals surface area contributed by atoms with E-state index in [1.54, 1.807) is 19.2 Å². The number of aromatic nitrogens is 3. The van der Waals surface area contributed by atoms with Gasteiger partial charge in [0.15, 0.2) is 5.65 Å². The lowest BCUT2D eigenvalue weighted by Crippen LogP contribution is -2.12. The second kappa shape index (κ2) is 6.29. The van der Waals surface area contributed by atoms with Crippen molar-refractivity contribution < 1.29 is 9.53 Å². The second-order valence-electron chi connectivity index (χ2n) is 3.70. The van der Waals surface area contributed by atoms with Gasteiger partial charge in [-0.15, -0.1) is 0 Å². The first-order valence-corrected chi connectivity index (χ1v) is 6.26. The first kappa shape index (κ1) is 13.5. The number of nitrogens with zero attached hydrogens (tertiary/aromatic N) is 3. The lowest BCUT2D eigenvalue weighted by molar-refractivity contribution is -0.142. The quantitative estimate of drug-likeness (QED) is 0.667. The first-order chi connectivity index (χ1) is 9.20. The number of hydrogen-bond donors (Lipinski definition) is 1. The van der Waals surface area contributed by atoms with Crippen LogP contribution in [0.25, 0.3) is 11.0 Å². The Morgan fingerprint density at radius 3 is 3.11 bits per heavy atom. The normalized spacial score (nSPS) is 10.4. The molecule has 2 heterocycles. The molecule has 0 fully saturated rings. The van der Waals surface area contributed by atoms with E-state index in [0.717, 1.165) is 5.39 Å². The number of anilines is 1. The monoisotopic (exact) mass is 280 g/mol. The van der Waals surface area contributed by atoms with E-state index in [1.165, 1.54) is 0 Å². The van der Waals surface area contributed by atoms with Crippen LogP contribution in [0.2, 0.25) is 5.28 Å². The number of rotatable bonds is 5. The SMILES string of the molecule is CCOC(=O)CCNc1nc(Cl)nc2ncccc12. The van der Waals surface area contributed by atoms with Gasteiger partial charge in [-0.05, 0) is 30.7 Å². The predicted octanol–water partition coefficient (Wildman–Crippen LogP) is 2.04. The third-order valence-corrected chi connectivity index (χ3v) is 2.54. The highest BCUT2D eigenvalue weighted by molar-refractivity contribution is 6.28. The summed E-state index contributed by atoms with van der Waals surface area (Å²) in [6, 6.07) is 3.63. The highest BCUT2D eigenvalue weighted by atomic mass is 35.5. The molecule has 0 bridgehead atoms. The molecule has 0 radical (unpaired) electrons. The van der Waals surface area contributed by atoms with Crippen LogP contribution in [0.3, 0.4) is 0 Å². The number of hydrogen-bond acceptors (Lipinski definition) is 6. The third kappa shape index (κ3) is 3.51. The Morgan fingerprint density at radius 1 is 1.47 bits per heavy atom. The molecule has 0 unspecified atom stereocenters. The average molecular weight is 281 g/mol. The highest BCUT2D eigenvalue weighted by Crippen LogP contribution is 2.19. The van der Waals surface area contributed by atoms with Gasteiger partial charge in [0.05, 0.1) is 18.4 Å². The van der Waals surface area contributed by atoms with Crippen molar-refractivity contribution in [2.75, 3.05) is 18.5 Å². The van der Waals surface area contributed by atoms with Crippen LogP contribution < -0.4 is 5.32 Å². The summed E-state index contributed by atoms with van der Waals surface area (Å²) in [5.74, 6) is 0.310. The second-order valence-corrected chi connectivity index (χ2v) is 4.04. The third-order valence-electron chi connectivity index (χ3n) is 2.37. The van der Waals surface area contributed by atoms with E-state index in [2.05, 4.69) is 20.3 Å². The van der Waals surface area contributed by atoms with Gasteiger partial charge >= 0.3 is 5.97 Å². The smallest absolute Gasteiger partial charge is 0.307 e. The van der Waals surface area contributed by atoms with Gasteiger partial charge in [-0.1, -0.05) is 0 Å². The lowest BCUT2D eigenvalue weighted by Gasteiger charge is -2.08. The van der Waals surface area contributed by atoms with Crippen molar-refractivity contribution in [3.8, 4) is 0 Å². The van der Waals surface area contributed by atoms with Crippen LogP contribution in [0, 0.1) is 0 Å². The van der Waals surface area contributed by atoms with Gasteiger partial charge in [0.25, 0.3) is 0 Å². The Hall–Kier alpha value is -1.95. The molecule has 0 aliphatic rings. The van der Waals surface area contributed by atoms with Crippen molar-refractivity contribution in [3.63, 3.8) is 0 Å². The molecular formula is C12H13ClN4O2. The number of esters is 1. The van der Waals surface area contributed by atoms with E-state index in [4.69, 9.17) is 16.3 Å². The minimum absolute atomic E-state index is 0.116. The van der Waals surface area contributed by atoms with E-state index in [-0.39, 0.29) is 17.7 Å². The Bertz CT molecular complexity index is 591. The van der Waals surface area contributed by atoms with Crippen molar-refractivity contribution in [2.24, 2.45) is 0 Å². The average Bonchev–Trinajstić information content (AvgIpc) is 2.38. The number of pyridine rings is 1. The number of carbonyl (C=O) groups is 1. The largest absolute Gasteiger partial charge is 0.466 e. The molecule has 0 saturated heterocycles. The standard InChI is InChI=1S/C12H13ClN4O2/c1-2-19-9(18)5-7-15-11-8-4-3-6-14-10(8)16-12(13)17-11/h3-4,6H,2,5,7H2,1H3,(H,14,15,16,17). The molecule has 0 aliphatic carbocycles. The topological polar surface area (TPSA) is 77.0 Å². The van der Waals surface area contributed by atoms with Crippen LogP contribution in [0.5, 0.6) is 0 Å². The summed E-state index contributed by atoms with van der Waals surface area (Å²) in [6.45, 7) is 2.57. The molecule has 0 aromatic carbocycles. The van der Waals surface area contributed by atoms with Crippen molar-refractivity contribution in [2.45, 2.75) is 13.3 Å². The molecule has 2 aromatic rings. The molecule has 19 heavy (non-hydrogen) atoms. The van der Waals surface area contributed by atoms with E-state index in [9.17, 15) is 4.79 Å². The van der Waals surface area contributed by atoms with Crippen LogP contribution in [-0.4, -0.2) is 34.1 Å². The number of ether oxygens (including phenoxy) is 1. The van der Waals surface area contributed by atoms with Crippen molar-refractivity contribution in [3.05, 3.63) is 23.6 Å². The molecule has 7 heteroatoms. The van der Waals surface area contributed by atoms with Gasteiger partial charge in [0.2, 0.25) is 5.28 Å². The molecule has 6 nitrogen and oxygen atoms in total. The molecule has 0 atom stereocenters. The lowest BCUT2D eigenvalue weighted by atomic mass is 10.3. The van der Waals surface area contributed by atoms with Crippen LogP contribution in [0.4, 0.5) is 5.82 Å². The minimum Gasteiger partial charge on any atom is -0.466 e. The Morgan fingerprint density at radius 2 is 2.32 bits per heavy atom. The molecule has 0 aliphatic heterocycles. The van der Waals surface area contributed by atoms with E-state index in [0.29, 0.717) is 24.6 Å². The summed E-state index contributed by atoms with van der Waals surface area (Å²) in [5.41, 5.74) is 0.515. The van der Waals surface area contributed by atoms with Crippen LogP contribution in [-0.2, 0) is 9.53 Å². The summed E-state index contributed by atoms with van der Waals surface area (Å²) >= 11 is 5.82. The van der Waals surface area contributed by atoms with Crippen LogP contribution >= 0.6 is 11.6 Å². The van der Waals surface area contributed by atoms with Crippen molar-refractivity contribution >= 4 is 34.4 Å².